The van der Waals surface area contributed by atoms with Crippen LogP contribution in [0.5, 0.6) is 0 Å². The molecule has 0 heterocycles. The Hall–Kier alpha value is -1.32. The highest BCUT2D eigenvalue weighted by Gasteiger charge is 2.05. The number of ether oxygens (including phenoxy) is 2. The Balaban J connectivity index is 3.82. The predicted molar refractivity (Wildman–Crippen MR) is 70.0 cm³/mol. The summed E-state index contributed by atoms with van der Waals surface area (Å²) in [4.78, 5) is 22.5. The van der Waals surface area contributed by atoms with Crippen LogP contribution in [0.4, 0.5) is 0 Å². The van der Waals surface area contributed by atoms with E-state index in [1.165, 1.54) is 0 Å². The average molecular weight is 256 g/mol. The van der Waals surface area contributed by atoms with Crippen LogP contribution >= 0.6 is 0 Å². The molecule has 1 atom stereocenters. The molecule has 104 valence electrons. The lowest BCUT2D eigenvalue weighted by Crippen LogP contribution is -2.11. The van der Waals surface area contributed by atoms with Gasteiger partial charge in [0.15, 0.2) is 0 Å². The quantitative estimate of drug-likeness (QED) is 0.495. The number of carbonyl (C=O) groups is 2. The average Bonchev–Trinajstić information content (AvgIpc) is 2.31. The van der Waals surface area contributed by atoms with Gasteiger partial charge >= 0.3 is 11.9 Å². The predicted octanol–water partition coefficient (Wildman–Crippen LogP) is 2.72. The monoisotopic (exact) mass is 256 g/mol. The van der Waals surface area contributed by atoms with Gasteiger partial charge in [0.1, 0.15) is 0 Å². The van der Waals surface area contributed by atoms with E-state index in [1.807, 2.05) is 20.8 Å². The van der Waals surface area contributed by atoms with Gasteiger partial charge in [-0.15, -0.1) is 0 Å². The minimum atomic E-state index is -0.512. The van der Waals surface area contributed by atoms with Crippen molar-refractivity contribution in [3.8, 4) is 0 Å². The van der Waals surface area contributed by atoms with Gasteiger partial charge in [-0.05, 0) is 18.3 Å². The van der Waals surface area contributed by atoms with Crippen molar-refractivity contribution >= 4 is 11.9 Å². The first-order valence-corrected chi connectivity index (χ1v) is 6.47. The fourth-order valence-corrected chi connectivity index (χ4v) is 1.28. The zero-order valence-electron chi connectivity index (χ0n) is 11.8. The molecule has 0 N–H and O–H groups in total. The van der Waals surface area contributed by atoms with Crippen LogP contribution in [0.1, 0.15) is 40.5 Å². The third kappa shape index (κ3) is 9.87. The topological polar surface area (TPSA) is 52.6 Å². The van der Waals surface area contributed by atoms with Gasteiger partial charge in [0, 0.05) is 12.2 Å². The molecule has 0 radical (unpaired) electrons. The van der Waals surface area contributed by atoms with Crippen molar-refractivity contribution in [2.45, 2.75) is 40.5 Å². The second-order valence-corrected chi connectivity index (χ2v) is 4.88. The van der Waals surface area contributed by atoms with Crippen molar-refractivity contribution in [3.05, 3.63) is 12.2 Å². The first-order chi connectivity index (χ1) is 8.45. The first kappa shape index (κ1) is 16.7. The molecule has 0 rings (SSSR count). The molecule has 18 heavy (non-hydrogen) atoms. The molecule has 0 bridgehead atoms. The number of hydrogen-bond acceptors (Lipinski definition) is 4. The molecule has 0 saturated heterocycles. The van der Waals surface area contributed by atoms with Crippen LogP contribution in [0.3, 0.4) is 0 Å². The van der Waals surface area contributed by atoms with Gasteiger partial charge in [-0.1, -0.05) is 34.1 Å². The summed E-state index contributed by atoms with van der Waals surface area (Å²) >= 11 is 0. The molecule has 0 aromatic heterocycles. The Kier molecular flexibility index (Phi) is 8.97. The summed E-state index contributed by atoms with van der Waals surface area (Å²) in [5, 5.41) is 0. The Morgan fingerprint density at radius 2 is 1.50 bits per heavy atom. The Morgan fingerprint density at radius 3 is 1.94 bits per heavy atom. The molecule has 4 heteroatoms. The molecular weight excluding hydrogens is 232 g/mol. The van der Waals surface area contributed by atoms with Gasteiger partial charge in [0.2, 0.25) is 0 Å². The van der Waals surface area contributed by atoms with E-state index in [4.69, 9.17) is 9.47 Å². The van der Waals surface area contributed by atoms with Gasteiger partial charge in [0.05, 0.1) is 13.2 Å². The lowest BCUT2D eigenvalue weighted by Gasteiger charge is -2.09. The molecular formula is C14H24O4. The molecule has 1 unspecified atom stereocenters. The molecule has 0 aliphatic rings. The molecule has 0 aliphatic heterocycles. The maximum Gasteiger partial charge on any atom is 0.331 e. The normalized spacial score (nSPS) is 12.7. The lowest BCUT2D eigenvalue weighted by atomic mass is 10.1. The summed E-state index contributed by atoms with van der Waals surface area (Å²) in [7, 11) is 0. The minimum Gasteiger partial charge on any atom is -0.462 e. The lowest BCUT2D eigenvalue weighted by molar-refractivity contribution is -0.141. The number of hydrogen-bond donors (Lipinski definition) is 0. The smallest absolute Gasteiger partial charge is 0.331 e. The van der Waals surface area contributed by atoms with E-state index in [9.17, 15) is 9.59 Å². The fourth-order valence-electron chi connectivity index (χ4n) is 1.28. The van der Waals surface area contributed by atoms with Crippen LogP contribution in [0.25, 0.3) is 0 Å². The van der Waals surface area contributed by atoms with Crippen molar-refractivity contribution in [2.75, 3.05) is 13.2 Å². The molecule has 0 spiro atoms. The second kappa shape index (κ2) is 9.68. The van der Waals surface area contributed by atoms with Crippen LogP contribution in [-0.4, -0.2) is 25.2 Å². The van der Waals surface area contributed by atoms with Crippen LogP contribution in [0, 0.1) is 11.8 Å². The van der Waals surface area contributed by atoms with E-state index >= 15 is 0 Å². The molecule has 4 nitrogen and oxygen atoms in total. The van der Waals surface area contributed by atoms with Crippen molar-refractivity contribution < 1.29 is 19.1 Å². The standard InChI is InChI=1S/C14H24O4/c1-5-6-12(4)10-18-14(16)8-7-13(15)17-9-11(2)3/h7-8,11-12H,5-6,9-10H2,1-4H3/b8-7+. The summed E-state index contributed by atoms with van der Waals surface area (Å²) in [5.74, 6) is -0.383. The third-order valence-corrected chi connectivity index (χ3v) is 2.21. The SMILES string of the molecule is CCCC(C)COC(=O)/C=C/C(=O)OCC(C)C. The first-order valence-electron chi connectivity index (χ1n) is 6.47. The molecule has 0 aliphatic carbocycles. The Morgan fingerprint density at radius 1 is 1.00 bits per heavy atom. The van der Waals surface area contributed by atoms with Crippen molar-refractivity contribution in [3.63, 3.8) is 0 Å². The van der Waals surface area contributed by atoms with E-state index in [0.717, 1.165) is 25.0 Å². The van der Waals surface area contributed by atoms with Crippen LogP contribution in [-0.2, 0) is 19.1 Å². The van der Waals surface area contributed by atoms with E-state index in [2.05, 4.69) is 6.92 Å². The molecule has 0 fully saturated rings. The van der Waals surface area contributed by atoms with Gasteiger partial charge in [0.25, 0.3) is 0 Å². The van der Waals surface area contributed by atoms with Gasteiger partial charge in [-0.25, -0.2) is 9.59 Å². The third-order valence-electron chi connectivity index (χ3n) is 2.21. The van der Waals surface area contributed by atoms with Crippen LogP contribution < -0.4 is 0 Å². The molecule has 0 amide bonds. The van der Waals surface area contributed by atoms with E-state index in [-0.39, 0.29) is 5.92 Å². The maximum absolute atomic E-state index is 11.3. The highest BCUT2D eigenvalue weighted by atomic mass is 16.5. The minimum absolute atomic E-state index is 0.282. The number of carbonyl (C=O) groups excluding carboxylic acids is 2. The highest BCUT2D eigenvalue weighted by molar-refractivity contribution is 5.91. The van der Waals surface area contributed by atoms with Gasteiger partial charge in [-0.2, -0.15) is 0 Å². The Bertz CT molecular complexity index is 282. The summed E-state index contributed by atoms with van der Waals surface area (Å²) in [5.41, 5.74) is 0. The molecule has 0 aromatic carbocycles. The summed E-state index contributed by atoms with van der Waals surface area (Å²) in [6, 6.07) is 0. The zero-order chi connectivity index (χ0) is 14.0. The van der Waals surface area contributed by atoms with Crippen molar-refractivity contribution in [1.29, 1.82) is 0 Å². The highest BCUT2D eigenvalue weighted by Crippen LogP contribution is 2.05. The zero-order valence-corrected chi connectivity index (χ0v) is 11.8. The van der Waals surface area contributed by atoms with Gasteiger partial charge < -0.3 is 9.47 Å². The largest absolute Gasteiger partial charge is 0.462 e. The van der Waals surface area contributed by atoms with Crippen molar-refractivity contribution in [1.82, 2.24) is 0 Å². The summed E-state index contributed by atoms with van der Waals surface area (Å²) < 4.78 is 9.88. The second-order valence-electron chi connectivity index (χ2n) is 4.88. The molecule has 0 saturated carbocycles. The van der Waals surface area contributed by atoms with Crippen LogP contribution in [0.2, 0.25) is 0 Å². The van der Waals surface area contributed by atoms with Crippen molar-refractivity contribution in [2.24, 2.45) is 11.8 Å². The van der Waals surface area contributed by atoms with E-state index in [1.54, 1.807) is 0 Å². The van der Waals surface area contributed by atoms with Crippen LogP contribution in [0.15, 0.2) is 12.2 Å². The number of esters is 2. The fraction of sp³-hybridized carbons (Fsp3) is 0.714. The van der Waals surface area contributed by atoms with Gasteiger partial charge in [-0.3, -0.25) is 0 Å². The maximum atomic E-state index is 11.3. The summed E-state index contributed by atoms with van der Waals surface area (Å²) in [6.07, 6.45) is 4.31. The Labute approximate surface area is 109 Å². The summed E-state index contributed by atoms with van der Waals surface area (Å²) in [6.45, 7) is 8.74. The number of rotatable bonds is 8. The van der Waals surface area contributed by atoms with E-state index in [0.29, 0.717) is 19.1 Å². The van der Waals surface area contributed by atoms with E-state index < -0.39 is 11.9 Å². The molecule has 0 aromatic rings.